The van der Waals surface area contributed by atoms with Crippen LogP contribution in [0, 0.1) is 0 Å². The van der Waals surface area contributed by atoms with Crippen LogP contribution in [0.3, 0.4) is 0 Å². The van der Waals surface area contributed by atoms with E-state index in [0.29, 0.717) is 16.3 Å². The Balaban J connectivity index is 1.83. The maximum absolute atomic E-state index is 13.0. The first-order chi connectivity index (χ1) is 14.0. The Morgan fingerprint density at radius 3 is 2.52 bits per heavy atom. The number of nitrogens with two attached hydrogens (primary N) is 1. The fourth-order valence-electron chi connectivity index (χ4n) is 4.16. The zero-order chi connectivity index (χ0) is 20.9. The van der Waals surface area contributed by atoms with Gasteiger partial charge in [0.25, 0.3) is 5.91 Å². The number of anilines is 1. The Morgan fingerprint density at radius 2 is 1.90 bits per heavy atom. The van der Waals surface area contributed by atoms with E-state index in [-0.39, 0.29) is 17.4 Å². The predicted octanol–water partition coefficient (Wildman–Crippen LogP) is 5.13. The summed E-state index contributed by atoms with van der Waals surface area (Å²) in [7, 11) is 0. The van der Waals surface area contributed by atoms with Crippen LogP contribution in [0.1, 0.15) is 49.0 Å². The van der Waals surface area contributed by atoms with Crippen LogP contribution in [0.4, 0.5) is 5.69 Å². The molecule has 1 aliphatic heterocycles. The number of piperidine rings is 1. The minimum atomic E-state index is -0.210. The van der Waals surface area contributed by atoms with Gasteiger partial charge in [0.05, 0.1) is 10.6 Å². The van der Waals surface area contributed by atoms with Crippen molar-refractivity contribution in [3.05, 3.63) is 64.7 Å². The van der Waals surface area contributed by atoms with E-state index in [1.165, 1.54) is 12.0 Å². The maximum atomic E-state index is 13.0. The number of halogens is 1. The number of hydrogen-bond acceptors (Lipinski definition) is 4. The molecular weight excluding hydrogens is 402 g/mol. The van der Waals surface area contributed by atoms with Crippen LogP contribution in [-0.2, 0) is 5.41 Å². The SMILES string of the molecule is CCCSN1CCC(c2ccccc2)([C@H](C)NC(=O)c2c(N)cccc2Cl)CC1. The summed E-state index contributed by atoms with van der Waals surface area (Å²) in [6.45, 7) is 6.33. The molecule has 2 aromatic carbocycles. The zero-order valence-corrected chi connectivity index (χ0v) is 18.7. The van der Waals surface area contributed by atoms with Gasteiger partial charge in [0.2, 0.25) is 0 Å². The minimum Gasteiger partial charge on any atom is -0.398 e. The third-order valence-electron chi connectivity index (χ3n) is 5.89. The number of rotatable bonds is 7. The molecule has 2 aromatic rings. The lowest BCUT2D eigenvalue weighted by Crippen LogP contribution is -2.53. The standard InChI is InChI=1S/C23H30ClN3OS/c1-3-16-29-27-14-12-23(13-15-27,18-8-5-4-6-9-18)17(2)26-22(28)21-19(24)10-7-11-20(21)25/h4-11,17H,3,12-16,25H2,1-2H3,(H,26,28)/t17-/m0/s1. The second-order valence-corrected chi connectivity index (χ2v) is 9.27. The summed E-state index contributed by atoms with van der Waals surface area (Å²) >= 11 is 8.19. The Morgan fingerprint density at radius 1 is 1.21 bits per heavy atom. The van der Waals surface area contributed by atoms with E-state index in [0.717, 1.165) is 31.7 Å². The number of carbonyl (C=O) groups excluding carboxylic acids is 1. The smallest absolute Gasteiger partial charge is 0.255 e. The third kappa shape index (κ3) is 4.90. The maximum Gasteiger partial charge on any atom is 0.255 e. The van der Waals surface area contributed by atoms with E-state index in [1.54, 1.807) is 18.2 Å². The number of nitrogen functional groups attached to an aromatic ring is 1. The van der Waals surface area contributed by atoms with Crippen molar-refractivity contribution in [1.29, 1.82) is 0 Å². The molecule has 0 bridgehead atoms. The minimum absolute atomic E-state index is 0.0496. The van der Waals surface area contributed by atoms with Gasteiger partial charge in [-0.25, -0.2) is 0 Å². The van der Waals surface area contributed by atoms with Gasteiger partial charge < -0.3 is 11.1 Å². The molecule has 1 aliphatic rings. The van der Waals surface area contributed by atoms with E-state index in [9.17, 15) is 4.79 Å². The van der Waals surface area contributed by atoms with E-state index in [2.05, 4.69) is 47.7 Å². The highest BCUT2D eigenvalue weighted by molar-refractivity contribution is 7.97. The summed E-state index contributed by atoms with van der Waals surface area (Å²) in [4.78, 5) is 13.0. The number of amides is 1. The summed E-state index contributed by atoms with van der Waals surface area (Å²) in [6, 6.07) is 15.7. The first-order valence-electron chi connectivity index (χ1n) is 10.3. The molecule has 6 heteroatoms. The fraction of sp³-hybridized carbons (Fsp3) is 0.435. The normalized spacial score (nSPS) is 17.6. The average molecular weight is 432 g/mol. The molecule has 3 N–H and O–H groups in total. The highest BCUT2D eigenvalue weighted by Gasteiger charge is 2.41. The molecule has 0 saturated carbocycles. The monoisotopic (exact) mass is 431 g/mol. The van der Waals surface area contributed by atoms with E-state index in [1.807, 2.05) is 18.0 Å². The largest absolute Gasteiger partial charge is 0.398 e. The molecule has 0 spiro atoms. The van der Waals surface area contributed by atoms with Crippen molar-refractivity contribution in [2.45, 2.75) is 44.6 Å². The van der Waals surface area contributed by atoms with Crippen LogP contribution in [0.15, 0.2) is 48.5 Å². The Hall–Kier alpha value is -1.69. The van der Waals surface area contributed by atoms with Gasteiger partial charge in [-0.1, -0.05) is 66.9 Å². The average Bonchev–Trinajstić information content (AvgIpc) is 2.73. The van der Waals surface area contributed by atoms with E-state index >= 15 is 0 Å². The molecule has 1 heterocycles. The fourth-order valence-corrected chi connectivity index (χ4v) is 5.31. The van der Waals surface area contributed by atoms with Gasteiger partial charge in [-0.3, -0.25) is 9.10 Å². The van der Waals surface area contributed by atoms with Gasteiger partial charge >= 0.3 is 0 Å². The van der Waals surface area contributed by atoms with Crippen molar-refractivity contribution in [1.82, 2.24) is 9.62 Å². The van der Waals surface area contributed by atoms with Gasteiger partial charge in [0.1, 0.15) is 0 Å². The molecule has 1 fully saturated rings. The molecular formula is C23H30ClN3OS. The Kier molecular flexibility index (Phi) is 7.49. The van der Waals surface area contributed by atoms with Crippen molar-refractivity contribution in [3.63, 3.8) is 0 Å². The molecule has 29 heavy (non-hydrogen) atoms. The topological polar surface area (TPSA) is 58.4 Å². The number of hydrogen-bond donors (Lipinski definition) is 2. The third-order valence-corrected chi connectivity index (χ3v) is 7.53. The van der Waals surface area contributed by atoms with Crippen LogP contribution >= 0.6 is 23.5 Å². The second-order valence-electron chi connectivity index (χ2n) is 7.68. The molecule has 4 nitrogen and oxygen atoms in total. The lowest BCUT2D eigenvalue weighted by Gasteiger charge is -2.46. The first kappa shape index (κ1) is 22.0. The highest BCUT2D eigenvalue weighted by atomic mass is 35.5. The summed E-state index contributed by atoms with van der Waals surface area (Å²) in [5.74, 6) is 0.940. The summed E-state index contributed by atoms with van der Waals surface area (Å²) in [5, 5.41) is 3.60. The number of carbonyl (C=O) groups is 1. The summed E-state index contributed by atoms with van der Waals surface area (Å²) in [5.41, 5.74) is 7.96. The highest BCUT2D eigenvalue weighted by Crippen LogP contribution is 2.40. The summed E-state index contributed by atoms with van der Waals surface area (Å²) in [6.07, 6.45) is 3.16. The van der Waals surface area contributed by atoms with Gasteiger partial charge in [-0.05, 0) is 43.9 Å². The zero-order valence-electron chi connectivity index (χ0n) is 17.2. The molecule has 1 atom stereocenters. The Bertz CT molecular complexity index is 802. The van der Waals surface area contributed by atoms with Gasteiger partial charge in [0.15, 0.2) is 0 Å². The molecule has 0 radical (unpaired) electrons. The Labute approximate surface area is 183 Å². The first-order valence-corrected chi connectivity index (χ1v) is 11.6. The van der Waals surface area contributed by atoms with Crippen molar-refractivity contribution in [2.75, 3.05) is 24.6 Å². The molecule has 156 valence electrons. The van der Waals surface area contributed by atoms with Gasteiger partial charge in [-0.2, -0.15) is 0 Å². The van der Waals surface area contributed by atoms with E-state index in [4.69, 9.17) is 17.3 Å². The lowest BCUT2D eigenvalue weighted by atomic mass is 9.68. The van der Waals surface area contributed by atoms with Crippen LogP contribution in [0.5, 0.6) is 0 Å². The number of nitrogens with one attached hydrogen (secondary N) is 1. The molecule has 1 amide bonds. The van der Waals surface area contributed by atoms with Crippen LogP contribution in [0.2, 0.25) is 5.02 Å². The second kappa shape index (κ2) is 9.88. The van der Waals surface area contributed by atoms with Crippen LogP contribution in [-0.4, -0.2) is 35.1 Å². The van der Waals surface area contributed by atoms with Crippen molar-refractivity contribution in [2.24, 2.45) is 0 Å². The van der Waals surface area contributed by atoms with Crippen molar-refractivity contribution >= 4 is 35.1 Å². The predicted molar refractivity (Wildman–Crippen MR) is 124 cm³/mol. The lowest BCUT2D eigenvalue weighted by molar-refractivity contribution is 0.0898. The number of nitrogens with zero attached hydrogens (tertiary/aromatic N) is 1. The van der Waals surface area contributed by atoms with Crippen molar-refractivity contribution in [3.8, 4) is 0 Å². The van der Waals surface area contributed by atoms with E-state index < -0.39 is 0 Å². The van der Waals surface area contributed by atoms with Crippen LogP contribution in [0.25, 0.3) is 0 Å². The number of benzene rings is 2. The summed E-state index contributed by atoms with van der Waals surface area (Å²) < 4.78 is 2.46. The van der Waals surface area contributed by atoms with Gasteiger partial charge in [0, 0.05) is 36.0 Å². The molecule has 3 rings (SSSR count). The molecule has 0 aromatic heterocycles. The molecule has 1 saturated heterocycles. The van der Waals surface area contributed by atoms with Crippen LogP contribution < -0.4 is 11.1 Å². The molecule has 0 aliphatic carbocycles. The van der Waals surface area contributed by atoms with Crippen molar-refractivity contribution < 1.29 is 4.79 Å². The quantitative estimate of drug-likeness (QED) is 0.471. The molecule has 0 unspecified atom stereocenters. The van der Waals surface area contributed by atoms with Gasteiger partial charge in [-0.15, -0.1) is 0 Å².